The molecule has 80 valence electrons. The van der Waals surface area contributed by atoms with Crippen molar-refractivity contribution in [1.29, 1.82) is 0 Å². The van der Waals surface area contributed by atoms with Crippen molar-refractivity contribution in [1.82, 2.24) is 0 Å². The lowest BCUT2D eigenvalue weighted by Crippen LogP contribution is -2.00. The summed E-state index contributed by atoms with van der Waals surface area (Å²) in [4.78, 5) is 15.8. The minimum atomic E-state index is -0.160. The van der Waals surface area contributed by atoms with Crippen LogP contribution in [0.25, 0.3) is 0 Å². The molecule has 2 nitrogen and oxygen atoms in total. The number of carbonyl (C=O) groups is 1. The van der Waals surface area contributed by atoms with Gasteiger partial charge in [0.05, 0.1) is 0 Å². The zero-order valence-corrected chi connectivity index (χ0v) is 10.6. The number of rotatable bonds is 1. The van der Waals surface area contributed by atoms with E-state index in [1.807, 2.05) is 37.6 Å². The van der Waals surface area contributed by atoms with E-state index in [0.717, 1.165) is 9.94 Å². The Morgan fingerprint density at radius 2 is 1.80 bits per heavy atom. The maximum absolute atomic E-state index is 11.8. The first kappa shape index (κ1) is 12.3. The van der Waals surface area contributed by atoms with Crippen LogP contribution >= 0.6 is 23.5 Å². The lowest BCUT2D eigenvalue weighted by atomic mass is 10.1. The lowest BCUT2D eigenvalue weighted by Gasteiger charge is -2.01. The number of thioether (sulfide) groups is 2. The van der Waals surface area contributed by atoms with Gasteiger partial charge in [0.2, 0.25) is 0 Å². The Kier molecular flexibility index (Phi) is 4.91. The maximum atomic E-state index is 11.8. The average molecular weight is 239 g/mol. The van der Waals surface area contributed by atoms with Crippen molar-refractivity contribution in [3.8, 4) is 0 Å². The molecular formula is C11H13NOS2. The quantitative estimate of drug-likeness (QED) is 0.556. The van der Waals surface area contributed by atoms with Gasteiger partial charge in [0, 0.05) is 5.56 Å². The molecule has 0 atom stereocenters. The normalized spacial score (nSPS) is 9.80. The number of hydrogen-bond acceptors (Lipinski definition) is 3. The van der Waals surface area contributed by atoms with Crippen molar-refractivity contribution in [2.24, 2.45) is 4.99 Å². The Morgan fingerprint density at radius 3 is 2.33 bits per heavy atom. The number of nitrogens with zero attached hydrogens (tertiary/aromatic N) is 1. The van der Waals surface area contributed by atoms with E-state index < -0.39 is 0 Å². The van der Waals surface area contributed by atoms with Gasteiger partial charge in [-0.05, 0) is 31.1 Å². The van der Waals surface area contributed by atoms with Crippen LogP contribution in [-0.2, 0) is 0 Å². The molecule has 0 heterocycles. The molecular weight excluding hydrogens is 226 g/mol. The molecule has 0 aromatic heterocycles. The number of benzene rings is 1. The Morgan fingerprint density at radius 1 is 1.20 bits per heavy atom. The highest BCUT2D eigenvalue weighted by molar-refractivity contribution is 8.38. The van der Waals surface area contributed by atoms with Crippen LogP contribution in [0, 0.1) is 6.92 Å². The highest BCUT2D eigenvalue weighted by Gasteiger charge is 2.07. The topological polar surface area (TPSA) is 29.4 Å². The van der Waals surface area contributed by atoms with Gasteiger partial charge >= 0.3 is 0 Å². The SMILES string of the molecule is CSC(=NC(=O)c1ccccc1C)SC. The third-order valence-electron chi connectivity index (χ3n) is 1.92. The van der Waals surface area contributed by atoms with E-state index in [9.17, 15) is 4.79 Å². The van der Waals surface area contributed by atoms with Crippen LogP contribution in [-0.4, -0.2) is 22.8 Å². The van der Waals surface area contributed by atoms with E-state index in [-0.39, 0.29) is 5.91 Å². The molecule has 0 aliphatic heterocycles. The molecule has 0 radical (unpaired) electrons. The maximum Gasteiger partial charge on any atom is 0.278 e. The van der Waals surface area contributed by atoms with E-state index >= 15 is 0 Å². The molecule has 0 spiro atoms. The van der Waals surface area contributed by atoms with Crippen LogP contribution in [0.3, 0.4) is 0 Å². The first-order valence-corrected chi connectivity index (χ1v) is 6.90. The number of amides is 1. The van der Waals surface area contributed by atoms with E-state index in [1.165, 1.54) is 23.5 Å². The molecule has 0 aliphatic rings. The standard InChI is InChI=1S/C11H13NOS2/c1-8-6-4-5-7-9(8)10(13)12-11(14-2)15-3/h4-7H,1-3H3. The van der Waals surface area contributed by atoms with E-state index in [1.54, 1.807) is 6.07 Å². The number of aryl methyl sites for hydroxylation is 1. The van der Waals surface area contributed by atoms with Crippen LogP contribution in [0.2, 0.25) is 0 Å². The van der Waals surface area contributed by atoms with Crippen molar-refractivity contribution in [3.63, 3.8) is 0 Å². The summed E-state index contributed by atoms with van der Waals surface area (Å²) in [6.07, 6.45) is 3.83. The van der Waals surface area contributed by atoms with Crippen molar-refractivity contribution in [2.75, 3.05) is 12.5 Å². The van der Waals surface area contributed by atoms with Gasteiger partial charge < -0.3 is 0 Å². The summed E-state index contributed by atoms with van der Waals surface area (Å²) in [5.41, 5.74) is 1.64. The van der Waals surface area contributed by atoms with Crippen LogP contribution in [0.4, 0.5) is 0 Å². The molecule has 15 heavy (non-hydrogen) atoms. The predicted molar refractivity (Wildman–Crippen MR) is 70.0 cm³/mol. The van der Waals surface area contributed by atoms with Gasteiger partial charge in [0.1, 0.15) is 4.38 Å². The van der Waals surface area contributed by atoms with Gasteiger partial charge in [-0.3, -0.25) is 4.79 Å². The van der Waals surface area contributed by atoms with Gasteiger partial charge in [-0.2, -0.15) is 4.99 Å². The van der Waals surface area contributed by atoms with Crippen molar-refractivity contribution < 1.29 is 4.79 Å². The fourth-order valence-electron chi connectivity index (χ4n) is 1.13. The Labute approximate surface area is 98.6 Å². The highest BCUT2D eigenvalue weighted by atomic mass is 32.2. The second-order valence-corrected chi connectivity index (χ2v) is 4.75. The Balaban J connectivity index is 2.95. The van der Waals surface area contributed by atoms with E-state index in [0.29, 0.717) is 5.56 Å². The van der Waals surface area contributed by atoms with Gasteiger partial charge in [0.15, 0.2) is 0 Å². The molecule has 0 fully saturated rings. The average Bonchev–Trinajstić information content (AvgIpc) is 2.26. The van der Waals surface area contributed by atoms with Gasteiger partial charge in [-0.1, -0.05) is 18.2 Å². The molecule has 0 unspecified atom stereocenters. The second-order valence-electron chi connectivity index (χ2n) is 2.91. The summed E-state index contributed by atoms with van der Waals surface area (Å²) in [5.74, 6) is -0.160. The van der Waals surface area contributed by atoms with E-state index in [4.69, 9.17) is 0 Å². The molecule has 0 bridgehead atoms. The summed E-state index contributed by atoms with van der Waals surface area (Å²) >= 11 is 2.98. The fraction of sp³-hybridized carbons (Fsp3) is 0.273. The molecule has 1 amide bonds. The molecule has 4 heteroatoms. The van der Waals surface area contributed by atoms with Crippen molar-refractivity contribution in [2.45, 2.75) is 6.92 Å². The third-order valence-corrected chi connectivity index (χ3v) is 3.80. The molecule has 0 saturated carbocycles. The Bertz CT molecular complexity index is 382. The van der Waals surface area contributed by atoms with Crippen molar-refractivity contribution in [3.05, 3.63) is 35.4 Å². The van der Waals surface area contributed by atoms with Gasteiger partial charge in [-0.15, -0.1) is 23.5 Å². The molecule has 1 aromatic rings. The minimum absolute atomic E-state index is 0.160. The molecule has 0 saturated heterocycles. The monoisotopic (exact) mass is 239 g/mol. The summed E-state index contributed by atoms with van der Waals surface area (Å²) in [6, 6.07) is 7.49. The van der Waals surface area contributed by atoms with Crippen LogP contribution in [0.15, 0.2) is 29.3 Å². The van der Waals surface area contributed by atoms with Crippen LogP contribution < -0.4 is 0 Å². The van der Waals surface area contributed by atoms with Crippen LogP contribution in [0.5, 0.6) is 0 Å². The van der Waals surface area contributed by atoms with Crippen LogP contribution in [0.1, 0.15) is 15.9 Å². The first-order chi connectivity index (χ1) is 7.19. The number of carbonyl (C=O) groups excluding carboxylic acids is 1. The van der Waals surface area contributed by atoms with Crippen molar-refractivity contribution >= 4 is 33.8 Å². The summed E-state index contributed by atoms with van der Waals surface area (Å²) in [7, 11) is 0. The van der Waals surface area contributed by atoms with E-state index in [2.05, 4.69) is 4.99 Å². The largest absolute Gasteiger partial charge is 0.278 e. The third kappa shape index (κ3) is 3.39. The molecule has 1 aromatic carbocycles. The molecule has 1 rings (SSSR count). The number of hydrogen-bond donors (Lipinski definition) is 0. The fourth-order valence-corrected chi connectivity index (χ4v) is 2.15. The first-order valence-electron chi connectivity index (χ1n) is 4.45. The predicted octanol–water partition coefficient (Wildman–Crippen LogP) is 3.22. The Hall–Kier alpha value is -0.740. The highest BCUT2D eigenvalue weighted by Crippen LogP contribution is 2.14. The summed E-state index contributed by atoms with van der Waals surface area (Å²) < 4.78 is 0.795. The molecule has 0 aliphatic carbocycles. The zero-order chi connectivity index (χ0) is 11.3. The van der Waals surface area contributed by atoms with Gasteiger partial charge in [0.25, 0.3) is 5.91 Å². The number of aliphatic imine (C=N–C) groups is 1. The summed E-state index contributed by atoms with van der Waals surface area (Å²) in [6.45, 7) is 1.92. The van der Waals surface area contributed by atoms with Gasteiger partial charge in [-0.25, -0.2) is 0 Å². The lowest BCUT2D eigenvalue weighted by molar-refractivity contribution is 0.100. The zero-order valence-electron chi connectivity index (χ0n) is 8.98. The second kappa shape index (κ2) is 5.98. The molecule has 0 N–H and O–H groups in total. The minimum Gasteiger partial charge on any atom is -0.267 e. The summed E-state index contributed by atoms with van der Waals surface area (Å²) in [5, 5.41) is 0. The smallest absolute Gasteiger partial charge is 0.267 e.